The van der Waals surface area contributed by atoms with Gasteiger partial charge in [0.2, 0.25) is 0 Å². The zero-order chi connectivity index (χ0) is 17.8. The highest BCUT2D eigenvalue weighted by Gasteiger charge is 2.12. The Labute approximate surface area is 152 Å². The summed E-state index contributed by atoms with van der Waals surface area (Å²) in [6.07, 6.45) is -0.589. The molecule has 0 aliphatic rings. The van der Waals surface area contributed by atoms with Crippen molar-refractivity contribution in [1.29, 1.82) is 0 Å². The van der Waals surface area contributed by atoms with Crippen LogP contribution in [0.3, 0.4) is 0 Å². The van der Waals surface area contributed by atoms with Gasteiger partial charge >= 0.3 is 6.09 Å². The van der Waals surface area contributed by atoms with E-state index in [1.165, 1.54) is 23.3 Å². The first-order valence-electron chi connectivity index (χ1n) is 7.34. The molecule has 3 rings (SSSR count). The molecule has 0 saturated carbocycles. The van der Waals surface area contributed by atoms with Crippen molar-refractivity contribution in [3.8, 4) is 10.6 Å². The van der Waals surface area contributed by atoms with Gasteiger partial charge in [0, 0.05) is 21.5 Å². The summed E-state index contributed by atoms with van der Waals surface area (Å²) in [4.78, 5) is 30.4. The van der Waals surface area contributed by atoms with Crippen LogP contribution >= 0.6 is 22.7 Å². The quantitative estimate of drug-likeness (QED) is 0.700. The number of rotatable bonds is 4. The van der Waals surface area contributed by atoms with Gasteiger partial charge in [-0.1, -0.05) is 6.07 Å². The molecule has 0 aliphatic carbocycles. The van der Waals surface area contributed by atoms with Gasteiger partial charge in [-0.05, 0) is 37.3 Å². The van der Waals surface area contributed by atoms with E-state index in [1.54, 1.807) is 35.6 Å². The standard InChI is InChI=1S/C17H15N3O3S2/c1-10-6-7-14(25-10)13-9-24-16(19-13)20-15(21)11-4-3-5-12(8-11)18-17(22)23-2/h3-9H,1-2H3,(H,18,22)(H,19,20,21). The lowest BCUT2D eigenvalue weighted by molar-refractivity contribution is 0.102. The Morgan fingerprint density at radius 2 is 2.00 bits per heavy atom. The van der Waals surface area contributed by atoms with Crippen molar-refractivity contribution in [2.24, 2.45) is 0 Å². The Hall–Kier alpha value is -2.71. The first kappa shape index (κ1) is 17.1. The first-order valence-corrected chi connectivity index (χ1v) is 9.03. The summed E-state index contributed by atoms with van der Waals surface area (Å²) in [6, 6.07) is 10.6. The number of amides is 2. The lowest BCUT2D eigenvalue weighted by Gasteiger charge is -2.06. The van der Waals surface area contributed by atoms with Crippen molar-refractivity contribution >= 4 is 45.5 Å². The molecule has 0 atom stereocenters. The Morgan fingerprint density at radius 1 is 1.16 bits per heavy atom. The lowest BCUT2D eigenvalue weighted by Crippen LogP contribution is -2.14. The van der Waals surface area contributed by atoms with Crippen molar-refractivity contribution in [3.05, 3.63) is 52.2 Å². The van der Waals surface area contributed by atoms with Crippen molar-refractivity contribution in [2.75, 3.05) is 17.7 Å². The van der Waals surface area contributed by atoms with Gasteiger partial charge in [0.15, 0.2) is 5.13 Å². The fourth-order valence-electron chi connectivity index (χ4n) is 2.09. The number of thiazole rings is 1. The molecule has 0 radical (unpaired) electrons. The highest BCUT2D eigenvalue weighted by Crippen LogP contribution is 2.30. The molecule has 2 N–H and O–H groups in total. The van der Waals surface area contributed by atoms with E-state index >= 15 is 0 Å². The number of benzene rings is 1. The van der Waals surface area contributed by atoms with Gasteiger partial charge in [-0.3, -0.25) is 15.4 Å². The van der Waals surface area contributed by atoms with Crippen molar-refractivity contribution in [1.82, 2.24) is 4.98 Å². The second-order valence-electron chi connectivity index (χ2n) is 5.10. The smallest absolute Gasteiger partial charge is 0.411 e. The molecule has 8 heteroatoms. The molecule has 0 saturated heterocycles. The van der Waals surface area contributed by atoms with Crippen LogP contribution in [0.2, 0.25) is 0 Å². The van der Waals surface area contributed by atoms with Gasteiger partial charge in [-0.25, -0.2) is 9.78 Å². The lowest BCUT2D eigenvalue weighted by atomic mass is 10.2. The SMILES string of the molecule is COC(=O)Nc1cccc(C(=O)Nc2nc(-c3ccc(C)s3)cs2)c1. The molecular formula is C17H15N3O3S2. The first-order chi connectivity index (χ1) is 12.0. The van der Waals surface area contributed by atoms with Crippen LogP contribution in [0, 0.1) is 6.92 Å². The van der Waals surface area contributed by atoms with Crippen molar-refractivity contribution < 1.29 is 14.3 Å². The van der Waals surface area contributed by atoms with Crippen LogP contribution in [0.5, 0.6) is 0 Å². The molecule has 1 aromatic carbocycles. The van der Waals surface area contributed by atoms with Crippen LogP contribution in [-0.2, 0) is 4.74 Å². The number of carbonyl (C=O) groups excluding carboxylic acids is 2. The monoisotopic (exact) mass is 373 g/mol. The summed E-state index contributed by atoms with van der Waals surface area (Å²) in [5, 5.41) is 7.74. The van der Waals surface area contributed by atoms with Crippen molar-refractivity contribution in [2.45, 2.75) is 6.92 Å². The van der Waals surface area contributed by atoms with E-state index in [-0.39, 0.29) is 5.91 Å². The molecule has 0 fully saturated rings. The van der Waals surface area contributed by atoms with Gasteiger partial charge < -0.3 is 4.74 Å². The summed E-state index contributed by atoms with van der Waals surface area (Å²) in [6.45, 7) is 2.04. The van der Waals surface area contributed by atoms with E-state index in [4.69, 9.17) is 0 Å². The average Bonchev–Trinajstić information content (AvgIpc) is 3.24. The zero-order valence-electron chi connectivity index (χ0n) is 13.5. The number of aryl methyl sites for hydroxylation is 1. The number of nitrogens with one attached hydrogen (secondary N) is 2. The number of anilines is 2. The topological polar surface area (TPSA) is 80.3 Å². The Kier molecular flexibility index (Phi) is 5.11. The fourth-order valence-corrected chi connectivity index (χ4v) is 3.70. The third kappa shape index (κ3) is 4.23. The normalized spacial score (nSPS) is 10.3. The molecule has 25 heavy (non-hydrogen) atoms. The van der Waals surface area contributed by atoms with E-state index in [2.05, 4.69) is 20.4 Å². The summed E-state index contributed by atoms with van der Waals surface area (Å²) >= 11 is 3.03. The number of hydrogen-bond donors (Lipinski definition) is 2. The summed E-state index contributed by atoms with van der Waals surface area (Å²) in [7, 11) is 1.28. The maximum Gasteiger partial charge on any atom is 0.411 e. The number of nitrogens with zero attached hydrogens (tertiary/aromatic N) is 1. The Morgan fingerprint density at radius 3 is 2.72 bits per heavy atom. The second kappa shape index (κ2) is 7.45. The van der Waals surface area contributed by atoms with Gasteiger partial charge in [0.25, 0.3) is 5.91 Å². The number of carbonyl (C=O) groups is 2. The molecule has 128 valence electrons. The Balaban J connectivity index is 1.71. The van der Waals surface area contributed by atoms with E-state index in [0.29, 0.717) is 16.4 Å². The molecule has 6 nitrogen and oxygen atoms in total. The molecule has 2 heterocycles. The Bertz CT molecular complexity index is 917. The van der Waals surface area contributed by atoms with E-state index in [1.807, 2.05) is 24.4 Å². The van der Waals surface area contributed by atoms with Gasteiger partial charge in [-0.2, -0.15) is 0 Å². The maximum atomic E-state index is 12.4. The molecule has 0 spiro atoms. The zero-order valence-corrected chi connectivity index (χ0v) is 15.2. The van der Waals surface area contributed by atoms with Crippen LogP contribution in [-0.4, -0.2) is 24.1 Å². The maximum absolute atomic E-state index is 12.4. The number of methoxy groups -OCH3 is 1. The highest BCUT2D eigenvalue weighted by atomic mass is 32.1. The molecular weight excluding hydrogens is 358 g/mol. The van der Waals surface area contributed by atoms with Crippen LogP contribution in [0.1, 0.15) is 15.2 Å². The largest absolute Gasteiger partial charge is 0.453 e. The van der Waals surface area contributed by atoms with E-state index in [9.17, 15) is 9.59 Å². The third-order valence-electron chi connectivity index (χ3n) is 3.27. The highest BCUT2D eigenvalue weighted by molar-refractivity contribution is 7.17. The van der Waals surface area contributed by atoms with Crippen LogP contribution in [0.25, 0.3) is 10.6 Å². The minimum Gasteiger partial charge on any atom is -0.453 e. The predicted octanol–water partition coefficient (Wildman–Crippen LogP) is 4.61. The summed E-state index contributed by atoms with van der Waals surface area (Å²) < 4.78 is 4.54. The summed E-state index contributed by atoms with van der Waals surface area (Å²) in [5.74, 6) is -0.295. The minimum atomic E-state index is -0.589. The molecule has 0 bridgehead atoms. The van der Waals surface area contributed by atoms with Crippen LogP contribution < -0.4 is 10.6 Å². The van der Waals surface area contributed by atoms with Gasteiger partial charge in [-0.15, -0.1) is 22.7 Å². The molecule has 3 aromatic rings. The molecule has 2 amide bonds. The summed E-state index contributed by atoms with van der Waals surface area (Å²) in [5.41, 5.74) is 1.74. The second-order valence-corrected chi connectivity index (χ2v) is 7.25. The fraction of sp³-hybridized carbons (Fsp3) is 0.118. The van der Waals surface area contributed by atoms with E-state index < -0.39 is 6.09 Å². The van der Waals surface area contributed by atoms with Gasteiger partial charge in [0.05, 0.1) is 17.7 Å². The van der Waals surface area contributed by atoms with Crippen LogP contribution in [0.4, 0.5) is 15.6 Å². The number of hydrogen-bond acceptors (Lipinski definition) is 6. The molecule has 0 unspecified atom stereocenters. The number of aromatic nitrogens is 1. The average molecular weight is 373 g/mol. The molecule has 0 aliphatic heterocycles. The van der Waals surface area contributed by atoms with E-state index in [0.717, 1.165) is 10.6 Å². The minimum absolute atomic E-state index is 0.295. The third-order valence-corrected chi connectivity index (χ3v) is 5.05. The van der Waals surface area contributed by atoms with Crippen LogP contribution in [0.15, 0.2) is 41.8 Å². The number of ether oxygens (including phenoxy) is 1. The van der Waals surface area contributed by atoms with Crippen molar-refractivity contribution in [3.63, 3.8) is 0 Å². The molecule has 2 aromatic heterocycles. The number of thiophene rings is 1. The predicted molar refractivity (Wildman–Crippen MR) is 101 cm³/mol. The van der Waals surface area contributed by atoms with Gasteiger partial charge in [0.1, 0.15) is 0 Å².